The molecule has 2 nitrogen and oxygen atoms in total. The third-order valence-electron chi connectivity index (χ3n) is 0. The van der Waals surface area contributed by atoms with Crippen LogP contribution in [0.4, 0.5) is 0 Å². The maximum atomic E-state index is 0. The molecule has 0 fully saturated rings. The first kappa shape index (κ1) is 29200. The maximum absolute atomic E-state index is 0. The topological polar surface area (TPSA) is 73.0 Å². The van der Waals surface area contributed by atoms with E-state index in [-0.39, 0.29) is 60.8 Å². The van der Waals surface area contributed by atoms with Crippen LogP contribution < -0.4 is 40.5 Å². The Hall–Kier alpha value is -0.162. The summed E-state index contributed by atoms with van der Waals surface area (Å²) >= 11 is 0. The molecule has 0 aliphatic rings. The van der Waals surface area contributed by atoms with Crippen molar-refractivity contribution in [2.24, 2.45) is 0 Å². The molecule has 0 heterocycles. The van der Waals surface area contributed by atoms with Gasteiger partial charge in [-0.2, -0.15) is 0 Å². The Balaban J connectivity index is 0. The summed E-state index contributed by atoms with van der Waals surface area (Å²) in [5.41, 5.74) is 0. The van der Waals surface area contributed by atoms with E-state index in [0.717, 1.165) is 0 Å². The Labute approximate surface area is 61.9 Å². The Morgan fingerprint density at radius 3 is 0.300 bits per heavy atom. The zero-order chi connectivity index (χ0) is 0. The van der Waals surface area contributed by atoms with Crippen molar-refractivity contribution in [3.63, 3.8) is 0 Å². The molecule has 0 rings (SSSR count). The Morgan fingerprint density at radius 2 is 0.300 bits per heavy atom. The number of halogens is 6. The van der Waals surface area contributed by atoms with Gasteiger partial charge in [0.25, 0.3) is 0 Å². The van der Waals surface area contributed by atoms with Crippen molar-refractivity contribution < 1.29 is 28.2 Å². The maximum Gasteiger partial charge on any atom is 2.00 e. The van der Waals surface area contributed by atoms with Crippen LogP contribution in [0.1, 0.15) is 0 Å². The van der Waals surface area contributed by atoms with E-state index >= 15 is 0 Å². The van der Waals surface area contributed by atoms with Gasteiger partial charge in [0, 0.05) is 0 Å². The van der Waals surface area contributed by atoms with Crippen molar-refractivity contribution in [3.8, 4) is 0 Å². The summed E-state index contributed by atoms with van der Waals surface area (Å²) in [5.74, 6) is 0. The molecule has 0 aliphatic carbocycles. The van der Waals surface area contributed by atoms with E-state index in [1.807, 2.05) is 0 Å². The van der Waals surface area contributed by atoms with Gasteiger partial charge < -0.3 is 40.5 Å². The van der Waals surface area contributed by atoms with Crippen molar-refractivity contribution in [3.05, 3.63) is 0 Å². The molecule has 8 N–H and O–H groups in total. The number of quaternary nitrogens is 2. The Morgan fingerprint density at radius 1 is 0.300 bits per heavy atom. The minimum Gasteiger partial charge on any atom is -1.00 e. The van der Waals surface area contributed by atoms with Gasteiger partial charge in [0.1, 0.15) is 0 Å². The SMILES string of the molecule is [Be+2].[Be+2].[F-].[F-].[F-].[F-].[F-].[F-].[NH4+].[NH4+]. The normalized spacial score (nSPS) is 0. The van der Waals surface area contributed by atoms with Crippen LogP contribution in [-0.4, -0.2) is 20.2 Å². The molecule has 64 valence electrons. The monoisotopic (exact) mass is 168 g/mol. The minimum absolute atomic E-state index is 0. The number of rotatable bonds is 0. The fourth-order valence-corrected chi connectivity index (χ4v) is 0. The van der Waals surface area contributed by atoms with Gasteiger partial charge in [-0.05, 0) is 0 Å². The zero-order valence-corrected chi connectivity index (χ0v) is 5.68. The molecular weight excluding hydrogens is 160 g/mol. The summed E-state index contributed by atoms with van der Waals surface area (Å²) in [6.07, 6.45) is 0. The molecule has 0 saturated heterocycles. The Bertz CT molecular complexity index is 13.7. The van der Waals surface area contributed by atoms with E-state index in [2.05, 4.69) is 0 Å². The van der Waals surface area contributed by atoms with Crippen LogP contribution in [0.15, 0.2) is 0 Å². The summed E-state index contributed by atoms with van der Waals surface area (Å²) in [6, 6.07) is 0. The van der Waals surface area contributed by atoms with E-state index in [4.69, 9.17) is 0 Å². The fourth-order valence-electron chi connectivity index (χ4n) is 0. The zero-order valence-electron chi connectivity index (χ0n) is 5.68. The van der Waals surface area contributed by atoms with Gasteiger partial charge in [0.05, 0.1) is 0 Å². The first-order valence-corrected chi connectivity index (χ1v) is 0. The average molecular weight is 168 g/mol. The molecule has 0 spiro atoms. The largest absolute Gasteiger partial charge is 2.00 e. The van der Waals surface area contributed by atoms with E-state index in [0.29, 0.717) is 0 Å². The molecular formula is H8Be2F6N2. The van der Waals surface area contributed by atoms with Crippen molar-refractivity contribution in [1.29, 1.82) is 0 Å². The van der Waals surface area contributed by atoms with Crippen LogP contribution in [0.2, 0.25) is 0 Å². The predicted molar refractivity (Wildman–Crippen MR) is 23.5 cm³/mol. The first-order valence-electron chi connectivity index (χ1n) is 0. The average Bonchev–Trinajstić information content (AvgIpc) is 0. The van der Waals surface area contributed by atoms with Crippen LogP contribution in [0, 0.1) is 0 Å². The third-order valence-corrected chi connectivity index (χ3v) is 0. The van der Waals surface area contributed by atoms with Crippen LogP contribution >= 0.6 is 0 Å². The van der Waals surface area contributed by atoms with Crippen LogP contribution in [0.5, 0.6) is 0 Å². The van der Waals surface area contributed by atoms with Crippen molar-refractivity contribution in [1.82, 2.24) is 12.3 Å². The van der Waals surface area contributed by atoms with Gasteiger partial charge in [0.15, 0.2) is 0 Å². The summed E-state index contributed by atoms with van der Waals surface area (Å²) in [7, 11) is 0. The predicted octanol–water partition coefficient (Wildman–Crippen LogP) is -18.0. The molecule has 0 saturated carbocycles. The molecule has 0 amide bonds. The van der Waals surface area contributed by atoms with E-state index in [1.54, 1.807) is 0 Å². The third kappa shape index (κ3) is 13900. The summed E-state index contributed by atoms with van der Waals surface area (Å²) < 4.78 is 0. The molecule has 0 aromatic heterocycles. The molecule has 0 atom stereocenters. The molecule has 0 aliphatic heterocycles. The molecule has 10 heteroatoms. The van der Waals surface area contributed by atoms with E-state index in [9.17, 15) is 0 Å². The fraction of sp³-hybridized carbons (Fsp3) is 0. The second kappa shape index (κ2) is 20600. The first-order chi connectivity index (χ1) is 0. The Kier molecular flexibility index (Phi) is 60100000. The van der Waals surface area contributed by atoms with Gasteiger partial charge in [-0.25, -0.2) is 0 Å². The summed E-state index contributed by atoms with van der Waals surface area (Å²) in [6.45, 7) is 0. The number of hydrogen-bond donors (Lipinski definition) is 2. The van der Waals surface area contributed by atoms with Crippen molar-refractivity contribution in [2.75, 3.05) is 0 Å². The quantitative estimate of drug-likeness (QED) is 0.266. The van der Waals surface area contributed by atoms with Gasteiger partial charge in [0.2, 0.25) is 0 Å². The minimum atomic E-state index is 0. The molecule has 0 aromatic carbocycles. The molecule has 0 aromatic rings. The van der Waals surface area contributed by atoms with E-state index in [1.165, 1.54) is 0 Å². The van der Waals surface area contributed by atoms with Gasteiger partial charge >= 0.3 is 20.2 Å². The smallest absolute Gasteiger partial charge is 1.00 e. The molecule has 0 bridgehead atoms. The second-order valence-corrected chi connectivity index (χ2v) is 0. The molecule has 0 radical (unpaired) electrons. The summed E-state index contributed by atoms with van der Waals surface area (Å²) in [4.78, 5) is 0. The van der Waals surface area contributed by atoms with Gasteiger partial charge in [-0.15, -0.1) is 0 Å². The van der Waals surface area contributed by atoms with Crippen LogP contribution in [-0.2, 0) is 0 Å². The standard InChI is InChI=1S/2Be.6FH.2H3N/h;;6*1H;2*1H3/q2*+2;;;;;;;;/p-4. The van der Waals surface area contributed by atoms with Gasteiger partial charge in [-0.3, -0.25) is 0 Å². The van der Waals surface area contributed by atoms with Crippen molar-refractivity contribution in [2.45, 2.75) is 0 Å². The van der Waals surface area contributed by atoms with Crippen LogP contribution in [0.3, 0.4) is 0 Å². The number of hydrogen-bond acceptors (Lipinski definition) is 0. The van der Waals surface area contributed by atoms with E-state index < -0.39 is 0 Å². The summed E-state index contributed by atoms with van der Waals surface area (Å²) in [5, 5.41) is 0. The van der Waals surface area contributed by atoms with Gasteiger partial charge in [-0.1, -0.05) is 0 Å². The van der Waals surface area contributed by atoms with Crippen LogP contribution in [0.25, 0.3) is 0 Å². The molecule has 10 heavy (non-hydrogen) atoms. The second-order valence-electron chi connectivity index (χ2n) is 0. The van der Waals surface area contributed by atoms with Crippen molar-refractivity contribution >= 4 is 20.2 Å². The molecule has 0 unspecified atom stereocenters.